The molecule has 0 saturated carbocycles. The van der Waals surface area contributed by atoms with Gasteiger partial charge < -0.3 is 15.4 Å². The highest BCUT2D eigenvalue weighted by Gasteiger charge is 2.41. The summed E-state index contributed by atoms with van der Waals surface area (Å²) in [7, 11) is 1.40. The summed E-state index contributed by atoms with van der Waals surface area (Å²) in [4.78, 5) is 22.5. The topological polar surface area (TPSA) is 85.7 Å². The molecule has 2 saturated heterocycles. The minimum Gasteiger partial charge on any atom is -0.382 e. The number of rotatable bonds is 2. The summed E-state index contributed by atoms with van der Waals surface area (Å²) in [5, 5.41) is 0. The van der Waals surface area contributed by atoms with Crippen LogP contribution in [0.15, 0.2) is 9.60 Å². The van der Waals surface area contributed by atoms with Crippen molar-refractivity contribution in [3.05, 3.63) is 16.1 Å². The molecular formula is C15H19BrFN5O2. The van der Waals surface area contributed by atoms with Crippen molar-refractivity contribution in [2.45, 2.75) is 50.2 Å². The van der Waals surface area contributed by atoms with Crippen LogP contribution < -0.4 is 5.73 Å². The van der Waals surface area contributed by atoms with E-state index in [0.29, 0.717) is 35.1 Å². The number of amides is 1. The van der Waals surface area contributed by atoms with Gasteiger partial charge in [-0.25, -0.2) is 14.4 Å². The summed E-state index contributed by atoms with van der Waals surface area (Å²) in [6.45, 7) is 0.577. The van der Waals surface area contributed by atoms with Gasteiger partial charge >= 0.3 is 0 Å². The first-order chi connectivity index (χ1) is 11.5. The third-order valence-corrected chi connectivity index (χ3v) is 5.76. The standard InChI is InChI=1S/C15H19BrFN5O2/c1-24-15-12(17)22-10(13(18)20-15)11(16)19-14(22)7-2-3-8-4-5-9(23)21(8)6-7/h7-8,12,15H,2-6H2,1H3,(H2,18,20). The second-order valence-electron chi connectivity index (χ2n) is 6.51. The summed E-state index contributed by atoms with van der Waals surface area (Å²) in [6.07, 6.45) is 0.854. The Hall–Kier alpha value is -1.48. The Balaban J connectivity index is 1.72. The molecule has 1 amide bonds. The van der Waals surface area contributed by atoms with E-state index < -0.39 is 12.5 Å². The monoisotopic (exact) mass is 399 g/mol. The first kappa shape index (κ1) is 16.0. The van der Waals surface area contributed by atoms with Crippen LogP contribution in [0.1, 0.15) is 49.4 Å². The van der Waals surface area contributed by atoms with Gasteiger partial charge in [0.15, 0.2) is 0 Å². The second-order valence-corrected chi connectivity index (χ2v) is 7.26. The van der Waals surface area contributed by atoms with E-state index in [0.717, 1.165) is 19.3 Å². The molecule has 0 bridgehead atoms. The van der Waals surface area contributed by atoms with Gasteiger partial charge in [-0.15, -0.1) is 0 Å². The van der Waals surface area contributed by atoms with E-state index in [-0.39, 0.29) is 17.7 Å². The number of piperidine rings is 1. The zero-order valence-electron chi connectivity index (χ0n) is 13.3. The fourth-order valence-corrected chi connectivity index (χ4v) is 4.59. The first-order valence-corrected chi connectivity index (χ1v) is 8.88. The average molecular weight is 400 g/mol. The maximum atomic E-state index is 14.9. The second kappa shape index (κ2) is 5.80. The number of nitrogens with two attached hydrogens (primary N) is 1. The van der Waals surface area contributed by atoms with Gasteiger partial charge in [0.2, 0.25) is 18.4 Å². The summed E-state index contributed by atoms with van der Waals surface area (Å²) >= 11 is 3.37. The number of carbonyl (C=O) groups excluding carboxylic acids is 1. The Morgan fingerprint density at radius 1 is 1.38 bits per heavy atom. The van der Waals surface area contributed by atoms with Gasteiger partial charge in [-0.3, -0.25) is 9.36 Å². The zero-order valence-corrected chi connectivity index (χ0v) is 14.9. The van der Waals surface area contributed by atoms with Crippen molar-refractivity contribution in [2.24, 2.45) is 10.7 Å². The van der Waals surface area contributed by atoms with Crippen LogP contribution >= 0.6 is 15.9 Å². The molecule has 2 N–H and O–H groups in total. The van der Waals surface area contributed by atoms with Crippen molar-refractivity contribution in [1.82, 2.24) is 14.5 Å². The summed E-state index contributed by atoms with van der Waals surface area (Å²) in [5.41, 5.74) is 6.42. The Bertz CT molecular complexity index is 721. The SMILES string of the molecule is COC1N=C(N)c2c(Br)nc(C3CCC4CCC(=O)N4C3)n2C1F. The quantitative estimate of drug-likeness (QED) is 0.819. The Morgan fingerprint density at radius 3 is 2.92 bits per heavy atom. The van der Waals surface area contributed by atoms with Crippen LogP contribution in [-0.4, -0.2) is 52.1 Å². The molecule has 4 atom stereocenters. The molecule has 0 aromatic carbocycles. The number of nitrogens with zero attached hydrogens (tertiary/aromatic N) is 4. The molecule has 1 aromatic heterocycles. The molecule has 4 rings (SSSR count). The van der Waals surface area contributed by atoms with Gasteiger partial charge in [-0.05, 0) is 35.2 Å². The van der Waals surface area contributed by atoms with Crippen LogP contribution in [0.5, 0.6) is 0 Å². The molecule has 4 unspecified atom stereocenters. The zero-order chi connectivity index (χ0) is 17.0. The molecular weight excluding hydrogens is 381 g/mol. The van der Waals surface area contributed by atoms with E-state index in [4.69, 9.17) is 10.5 Å². The lowest BCUT2D eigenvalue weighted by Crippen LogP contribution is -2.42. The number of fused-ring (bicyclic) bond motifs is 2. The molecule has 130 valence electrons. The van der Waals surface area contributed by atoms with E-state index in [2.05, 4.69) is 25.9 Å². The van der Waals surface area contributed by atoms with Crippen molar-refractivity contribution < 1.29 is 13.9 Å². The van der Waals surface area contributed by atoms with Crippen LogP contribution in [0.4, 0.5) is 4.39 Å². The molecule has 0 spiro atoms. The number of ether oxygens (including phenoxy) is 1. The smallest absolute Gasteiger partial charge is 0.224 e. The van der Waals surface area contributed by atoms with E-state index in [9.17, 15) is 9.18 Å². The molecule has 0 aliphatic carbocycles. The third kappa shape index (κ3) is 2.28. The van der Waals surface area contributed by atoms with Crippen molar-refractivity contribution >= 4 is 27.7 Å². The van der Waals surface area contributed by atoms with Gasteiger partial charge in [0, 0.05) is 32.0 Å². The van der Waals surface area contributed by atoms with E-state index in [1.807, 2.05) is 4.90 Å². The fourth-order valence-electron chi connectivity index (χ4n) is 4.02. The number of aliphatic imine (C=N–C) groups is 1. The average Bonchev–Trinajstić information content (AvgIpc) is 3.12. The number of carbonyl (C=O) groups is 1. The molecule has 3 aliphatic heterocycles. The Labute approximate surface area is 147 Å². The van der Waals surface area contributed by atoms with Crippen molar-refractivity contribution in [1.29, 1.82) is 0 Å². The van der Waals surface area contributed by atoms with Crippen LogP contribution in [0.25, 0.3) is 0 Å². The van der Waals surface area contributed by atoms with Gasteiger partial charge in [0.05, 0.1) is 0 Å². The number of imidazole rings is 1. The van der Waals surface area contributed by atoms with E-state index in [1.165, 1.54) is 11.7 Å². The molecule has 3 aliphatic rings. The van der Waals surface area contributed by atoms with Gasteiger partial charge in [-0.1, -0.05) is 0 Å². The number of alkyl halides is 1. The summed E-state index contributed by atoms with van der Waals surface area (Å²) < 4.78 is 22.0. The number of methoxy groups -OCH3 is 1. The van der Waals surface area contributed by atoms with Crippen molar-refractivity contribution in [3.8, 4) is 0 Å². The maximum absolute atomic E-state index is 14.9. The lowest BCUT2D eigenvalue weighted by Gasteiger charge is -2.36. The normalized spacial score (nSPS) is 32.5. The van der Waals surface area contributed by atoms with Gasteiger partial charge in [0.25, 0.3) is 0 Å². The molecule has 0 radical (unpaired) electrons. The Kier molecular flexibility index (Phi) is 3.87. The summed E-state index contributed by atoms with van der Waals surface area (Å²) in [6, 6.07) is 0.326. The van der Waals surface area contributed by atoms with Gasteiger partial charge in [0.1, 0.15) is 22.0 Å². The first-order valence-electron chi connectivity index (χ1n) is 8.08. The van der Waals surface area contributed by atoms with Crippen molar-refractivity contribution in [3.63, 3.8) is 0 Å². The van der Waals surface area contributed by atoms with Crippen LogP contribution in [0.2, 0.25) is 0 Å². The van der Waals surface area contributed by atoms with Crippen molar-refractivity contribution in [2.75, 3.05) is 13.7 Å². The van der Waals surface area contributed by atoms with E-state index >= 15 is 0 Å². The number of hydrogen-bond donors (Lipinski definition) is 1. The minimum atomic E-state index is -1.49. The molecule has 4 heterocycles. The molecule has 9 heteroatoms. The molecule has 1 aromatic rings. The number of amidine groups is 1. The van der Waals surface area contributed by atoms with E-state index in [1.54, 1.807) is 0 Å². The molecule has 7 nitrogen and oxygen atoms in total. The summed E-state index contributed by atoms with van der Waals surface area (Å²) in [5.74, 6) is 0.964. The molecule has 24 heavy (non-hydrogen) atoms. The third-order valence-electron chi connectivity index (χ3n) is 5.21. The molecule has 2 fully saturated rings. The minimum absolute atomic E-state index is 0.0185. The Morgan fingerprint density at radius 2 is 2.17 bits per heavy atom. The fraction of sp³-hybridized carbons (Fsp3) is 0.667. The number of hydrogen-bond acceptors (Lipinski definition) is 5. The van der Waals surface area contributed by atoms with Crippen LogP contribution in [0, 0.1) is 0 Å². The lowest BCUT2D eigenvalue weighted by molar-refractivity contribution is -0.130. The highest BCUT2D eigenvalue weighted by atomic mass is 79.9. The predicted molar refractivity (Wildman–Crippen MR) is 88.3 cm³/mol. The highest BCUT2D eigenvalue weighted by molar-refractivity contribution is 9.10. The predicted octanol–water partition coefficient (Wildman–Crippen LogP) is 1.67. The number of halogens is 2. The number of aromatic nitrogens is 2. The highest BCUT2D eigenvalue weighted by Crippen LogP contribution is 2.39. The van der Waals surface area contributed by atoms with Gasteiger partial charge in [-0.2, -0.15) is 0 Å². The lowest BCUT2D eigenvalue weighted by atomic mass is 9.92. The van der Waals surface area contributed by atoms with Crippen LogP contribution in [0.3, 0.4) is 0 Å². The maximum Gasteiger partial charge on any atom is 0.224 e. The largest absolute Gasteiger partial charge is 0.382 e. The van der Waals surface area contributed by atoms with Crippen LogP contribution in [-0.2, 0) is 9.53 Å².